The molecule has 6 heteroatoms. The van der Waals surface area contributed by atoms with Crippen LogP contribution in [0.5, 0.6) is 0 Å². The van der Waals surface area contributed by atoms with E-state index in [1.807, 2.05) is 24.3 Å². The van der Waals surface area contributed by atoms with E-state index < -0.39 is 0 Å². The Bertz CT molecular complexity index is 926. The number of fused-ring (bicyclic) bond motifs is 1. The molecule has 3 aromatic rings. The average Bonchev–Trinajstić information content (AvgIpc) is 2.61. The third-order valence-corrected chi connectivity index (χ3v) is 4.40. The van der Waals surface area contributed by atoms with Gasteiger partial charge in [0.15, 0.2) is 5.43 Å². The highest BCUT2D eigenvalue weighted by atomic mass is 79.9. The van der Waals surface area contributed by atoms with Crippen molar-refractivity contribution in [2.24, 2.45) is 0 Å². The Labute approximate surface area is 153 Å². The molecule has 0 aliphatic carbocycles. The van der Waals surface area contributed by atoms with Gasteiger partial charge in [-0.15, -0.1) is 0 Å². The highest BCUT2D eigenvalue weighted by molar-refractivity contribution is 9.10. The van der Waals surface area contributed by atoms with Gasteiger partial charge in [0, 0.05) is 34.6 Å². The molecule has 0 saturated carbocycles. The van der Waals surface area contributed by atoms with Gasteiger partial charge in [-0.3, -0.25) is 4.79 Å². The molecule has 0 radical (unpaired) electrons. The number of anilines is 1. The Hall–Kier alpha value is -2.18. The van der Waals surface area contributed by atoms with Crippen LogP contribution in [0.25, 0.3) is 10.9 Å². The van der Waals surface area contributed by atoms with E-state index in [0.717, 1.165) is 23.0 Å². The summed E-state index contributed by atoms with van der Waals surface area (Å²) < 4.78 is 14.5. The minimum Gasteiger partial charge on any atom is -0.371 e. The summed E-state index contributed by atoms with van der Waals surface area (Å²) in [5.74, 6) is 0.504. The minimum atomic E-state index is -0.206. The van der Waals surface area contributed by atoms with Crippen LogP contribution in [0.3, 0.4) is 0 Å². The fraction of sp³-hybridized carbons (Fsp3) is 0.211. The lowest BCUT2D eigenvalue weighted by molar-refractivity contribution is 0.584. The summed E-state index contributed by atoms with van der Waals surface area (Å²) in [6, 6.07) is 13.9. The fourth-order valence-corrected chi connectivity index (χ4v) is 3.04. The second-order valence-electron chi connectivity index (χ2n) is 5.79. The van der Waals surface area contributed by atoms with Gasteiger partial charge in [-0.25, -0.2) is 4.39 Å². The molecule has 0 spiro atoms. The van der Waals surface area contributed by atoms with Crippen LogP contribution in [0.4, 0.5) is 10.2 Å². The number of aromatic nitrogens is 1. The molecule has 0 unspecified atom stereocenters. The first-order valence-corrected chi connectivity index (χ1v) is 8.93. The predicted molar refractivity (Wildman–Crippen MR) is 103 cm³/mol. The first-order valence-electron chi connectivity index (χ1n) is 8.14. The number of nitrogens with one attached hydrogen (secondary N) is 3. The van der Waals surface area contributed by atoms with Gasteiger partial charge in [-0.1, -0.05) is 28.1 Å². The molecule has 0 aliphatic rings. The van der Waals surface area contributed by atoms with Crippen LogP contribution in [-0.4, -0.2) is 18.1 Å². The third kappa shape index (κ3) is 4.67. The topological polar surface area (TPSA) is 56.9 Å². The van der Waals surface area contributed by atoms with Gasteiger partial charge in [0.25, 0.3) is 0 Å². The monoisotopic (exact) mass is 403 g/mol. The number of para-hydroxylation sites is 1. The maximum Gasteiger partial charge on any atom is 0.191 e. The van der Waals surface area contributed by atoms with Gasteiger partial charge in [-0.2, -0.15) is 0 Å². The normalized spacial score (nSPS) is 11.0. The van der Waals surface area contributed by atoms with E-state index >= 15 is 0 Å². The van der Waals surface area contributed by atoms with Crippen LogP contribution < -0.4 is 16.1 Å². The zero-order valence-electron chi connectivity index (χ0n) is 13.6. The average molecular weight is 404 g/mol. The van der Waals surface area contributed by atoms with Crippen molar-refractivity contribution in [3.05, 3.63) is 74.6 Å². The number of rotatable bonds is 7. The second kappa shape index (κ2) is 8.27. The number of hydrogen-bond donors (Lipinski definition) is 3. The maximum absolute atomic E-state index is 13.6. The smallest absolute Gasteiger partial charge is 0.191 e. The van der Waals surface area contributed by atoms with Gasteiger partial charge in [0.05, 0.1) is 5.52 Å². The van der Waals surface area contributed by atoms with Crippen molar-refractivity contribution in [3.8, 4) is 0 Å². The zero-order valence-corrected chi connectivity index (χ0v) is 15.2. The van der Waals surface area contributed by atoms with Crippen LogP contribution in [0.2, 0.25) is 0 Å². The lowest BCUT2D eigenvalue weighted by atomic mass is 10.2. The lowest BCUT2D eigenvalue weighted by Crippen LogP contribution is -2.19. The number of benzene rings is 2. The molecule has 0 saturated heterocycles. The Kier molecular flexibility index (Phi) is 5.83. The summed E-state index contributed by atoms with van der Waals surface area (Å²) >= 11 is 3.35. The van der Waals surface area contributed by atoms with Crippen molar-refractivity contribution in [1.82, 2.24) is 10.3 Å². The van der Waals surface area contributed by atoms with Crippen LogP contribution in [0, 0.1) is 5.82 Å². The molecule has 4 nitrogen and oxygen atoms in total. The Morgan fingerprint density at radius 3 is 2.80 bits per heavy atom. The Morgan fingerprint density at radius 2 is 1.92 bits per heavy atom. The standard InChI is InChI=1S/C19H19BrFN3O/c20-14-6-7-16(21)13(10-14)12-22-8-3-9-23-19-11-18(25)15-4-1-2-5-17(15)24-19/h1-2,4-7,10-11,22H,3,8-9,12H2,(H2,23,24,25). The molecule has 0 amide bonds. The van der Waals surface area contributed by atoms with E-state index in [1.165, 1.54) is 6.07 Å². The van der Waals surface area contributed by atoms with E-state index in [9.17, 15) is 9.18 Å². The molecule has 0 bridgehead atoms. The van der Waals surface area contributed by atoms with Crippen molar-refractivity contribution in [2.75, 3.05) is 18.4 Å². The molecule has 0 aliphatic heterocycles. The minimum absolute atomic E-state index is 0.0000970. The Morgan fingerprint density at radius 1 is 1.08 bits per heavy atom. The van der Waals surface area contributed by atoms with E-state index in [4.69, 9.17) is 0 Å². The van der Waals surface area contributed by atoms with E-state index in [-0.39, 0.29) is 11.2 Å². The van der Waals surface area contributed by atoms with Crippen molar-refractivity contribution in [3.63, 3.8) is 0 Å². The summed E-state index contributed by atoms with van der Waals surface area (Å²) in [5.41, 5.74) is 1.46. The SMILES string of the molecule is O=c1cc(NCCCNCc2cc(Br)ccc2F)[nH]c2ccccc12. The molecule has 3 N–H and O–H groups in total. The molecule has 0 atom stereocenters. The van der Waals surface area contributed by atoms with Crippen molar-refractivity contribution < 1.29 is 4.39 Å². The number of aromatic amines is 1. The third-order valence-electron chi connectivity index (χ3n) is 3.91. The van der Waals surface area contributed by atoms with E-state index in [2.05, 4.69) is 31.5 Å². The van der Waals surface area contributed by atoms with Gasteiger partial charge in [0.1, 0.15) is 11.6 Å². The first kappa shape index (κ1) is 17.6. The van der Waals surface area contributed by atoms with Crippen LogP contribution >= 0.6 is 15.9 Å². The van der Waals surface area contributed by atoms with Crippen LogP contribution in [0.15, 0.2) is 57.8 Å². The van der Waals surface area contributed by atoms with Crippen molar-refractivity contribution >= 4 is 32.7 Å². The lowest BCUT2D eigenvalue weighted by Gasteiger charge is -2.09. The molecule has 1 aromatic heterocycles. The van der Waals surface area contributed by atoms with Gasteiger partial charge >= 0.3 is 0 Å². The van der Waals surface area contributed by atoms with Crippen LogP contribution in [-0.2, 0) is 6.54 Å². The van der Waals surface area contributed by atoms with Crippen LogP contribution in [0.1, 0.15) is 12.0 Å². The summed E-state index contributed by atoms with van der Waals surface area (Å²) in [4.78, 5) is 15.3. The largest absolute Gasteiger partial charge is 0.371 e. The molecular weight excluding hydrogens is 385 g/mol. The number of H-pyrrole nitrogens is 1. The zero-order chi connectivity index (χ0) is 17.6. The van der Waals surface area contributed by atoms with Gasteiger partial charge < -0.3 is 15.6 Å². The number of halogens is 2. The summed E-state index contributed by atoms with van der Waals surface area (Å²) in [6.07, 6.45) is 0.852. The Balaban J connectivity index is 1.46. The van der Waals surface area contributed by atoms with Crippen molar-refractivity contribution in [2.45, 2.75) is 13.0 Å². The molecular formula is C19H19BrFN3O. The summed E-state index contributed by atoms with van der Waals surface area (Å²) in [5, 5.41) is 7.13. The molecule has 25 heavy (non-hydrogen) atoms. The van der Waals surface area contributed by atoms with E-state index in [1.54, 1.807) is 18.2 Å². The first-order chi connectivity index (χ1) is 12.1. The van der Waals surface area contributed by atoms with Crippen molar-refractivity contribution in [1.29, 1.82) is 0 Å². The predicted octanol–water partition coefficient (Wildman–Crippen LogP) is 4.02. The number of hydrogen-bond acceptors (Lipinski definition) is 3. The van der Waals surface area contributed by atoms with Gasteiger partial charge in [0.2, 0.25) is 0 Å². The quantitative estimate of drug-likeness (QED) is 0.522. The molecule has 0 fully saturated rings. The maximum atomic E-state index is 13.6. The second-order valence-corrected chi connectivity index (χ2v) is 6.70. The molecule has 1 heterocycles. The molecule has 130 valence electrons. The summed E-state index contributed by atoms with van der Waals surface area (Å²) in [6.45, 7) is 1.94. The van der Waals surface area contributed by atoms with Gasteiger partial charge in [-0.05, 0) is 43.3 Å². The fourth-order valence-electron chi connectivity index (χ4n) is 2.63. The molecule has 3 rings (SSSR count). The highest BCUT2D eigenvalue weighted by Crippen LogP contribution is 2.15. The molecule has 2 aromatic carbocycles. The highest BCUT2D eigenvalue weighted by Gasteiger charge is 2.03. The summed E-state index contributed by atoms with van der Waals surface area (Å²) in [7, 11) is 0. The van der Waals surface area contributed by atoms with E-state index in [0.29, 0.717) is 29.9 Å². The number of pyridine rings is 1.